The van der Waals surface area contributed by atoms with Crippen molar-refractivity contribution in [1.82, 2.24) is 30.2 Å². The fourth-order valence-corrected chi connectivity index (χ4v) is 3.24. The van der Waals surface area contributed by atoms with Crippen molar-refractivity contribution in [2.75, 3.05) is 0 Å². The van der Waals surface area contributed by atoms with E-state index in [0.717, 1.165) is 30.2 Å². The molecule has 4 heterocycles. The zero-order valence-electron chi connectivity index (χ0n) is 13.8. The van der Waals surface area contributed by atoms with Gasteiger partial charge in [-0.1, -0.05) is 5.16 Å². The molecule has 124 valence electrons. The number of aryl methyl sites for hydroxylation is 4. The van der Waals surface area contributed by atoms with Gasteiger partial charge in [0.25, 0.3) is 11.6 Å². The molecule has 24 heavy (non-hydrogen) atoms. The van der Waals surface area contributed by atoms with Crippen LogP contribution < -0.4 is 5.32 Å². The van der Waals surface area contributed by atoms with Gasteiger partial charge in [0.15, 0.2) is 0 Å². The minimum absolute atomic E-state index is 0.0448. The molecule has 1 N–H and O–H groups in total. The van der Waals surface area contributed by atoms with Gasteiger partial charge in [0, 0.05) is 24.7 Å². The van der Waals surface area contributed by atoms with Crippen molar-refractivity contribution < 1.29 is 9.32 Å². The lowest BCUT2D eigenvalue weighted by Crippen LogP contribution is -2.41. The van der Waals surface area contributed by atoms with E-state index in [1.54, 1.807) is 6.07 Å². The van der Waals surface area contributed by atoms with Gasteiger partial charge in [0.2, 0.25) is 0 Å². The molecule has 1 amide bonds. The van der Waals surface area contributed by atoms with E-state index in [0.29, 0.717) is 28.9 Å². The summed E-state index contributed by atoms with van der Waals surface area (Å²) in [5, 5.41) is 16.0. The summed E-state index contributed by atoms with van der Waals surface area (Å²) in [5.41, 5.74) is 2.35. The van der Waals surface area contributed by atoms with Crippen LogP contribution in [-0.4, -0.2) is 36.9 Å². The van der Waals surface area contributed by atoms with Gasteiger partial charge in [-0.05, 0) is 33.3 Å². The Morgan fingerprint density at radius 2 is 2.17 bits per heavy atom. The highest BCUT2D eigenvalue weighted by molar-refractivity contribution is 6.06. The quantitative estimate of drug-likeness (QED) is 0.766. The number of nitrogens with zero attached hydrogens (tertiary/aromatic N) is 5. The highest BCUT2D eigenvalue weighted by atomic mass is 16.5. The Morgan fingerprint density at radius 3 is 3.00 bits per heavy atom. The molecule has 0 saturated carbocycles. The molecular formula is C16H18N6O2. The van der Waals surface area contributed by atoms with Crippen LogP contribution in [0.5, 0.6) is 0 Å². The molecule has 1 aliphatic rings. The summed E-state index contributed by atoms with van der Waals surface area (Å²) in [4.78, 5) is 17.1. The van der Waals surface area contributed by atoms with Crippen molar-refractivity contribution >= 4 is 17.0 Å². The van der Waals surface area contributed by atoms with E-state index < -0.39 is 0 Å². The molecule has 1 aliphatic heterocycles. The summed E-state index contributed by atoms with van der Waals surface area (Å²) in [7, 11) is 0. The Kier molecular flexibility index (Phi) is 3.33. The van der Waals surface area contributed by atoms with Crippen LogP contribution in [0.1, 0.15) is 39.8 Å². The highest BCUT2D eigenvalue weighted by Crippen LogP contribution is 2.22. The van der Waals surface area contributed by atoms with Crippen LogP contribution in [0, 0.1) is 20.8 Å². The topological polar surface area (TPSA) is 98.7 Å². The van der Waals surface area contributed by atoms with Crippen LogP contribution in [0.25, 0.3) is 11.1 Å². The Morgan fingerprint density at radius 1 is 1.33 bits per heavy atom. The molecular weight excluding hydrogens is 308 g/mol. The van der Waals surface area contributed by atoms with Gasteiger partial charge in [-0.3, -0.25) is 4.79 Å². The number of hydrogen-bond donors (Lipinski definition) is 1. The van der Waals surface area contributed by atoms with E-state index in [-0.39, 0.29) is 11.9 Å². The number of rotatable bonds is 2. The maximum absolute atomic E-state index is 12.8. The molecule has 0 unspecified atom stereocenters. The summed E-state index contributed by atoms with van der Waals surface area (Å²) < 4.78 is 7.26. The molecule has 8 nitrogen and oxygen atoms in total. The highest BCUT2D eigenvalue weighted by Gasteiger charge is 2.25. The van der Waals surface area contributed by atoms with Crippen molar-refractivity contribution in [3.05, 3.63) is 34.7 Å². The first kappa shape index (κ1) is 14.8. The van der Waals surface area contributed by atoms with E-state index in [1.807, 2.05) is 20.8 Å². The van der Waals surface area contributed by atoms with Gasteiger partial charge < -0.3 is 14.4 Å². The first-order chi connectivity index (χ1) is 11.5. The average molecular weight is 326 g/mol. The van der Waals surface area contributed by atoms with Crippen molar-refractivity contribution in [2.24, 2.45) is 0 Å². The average Bonchev–Trinajstić information content (AvgIpc) is 3.10. The summed E-state index contributed by atoms with van der Waals surface area (Å²) in [5.74, 6) is 1.73. The number of carbonyl (C=O) groups excluding carboxylic acids is 1. The minimum atomic E-state index is -0.129. The Hall–Kier alpha value is -2.77. The number of amides is 1. The molecule has 3 aromatic heterocycles. The standard InChI is InChI=1S/C16H18N6O2/c1-8-6-12(14-9(2)21-24-16(14)17-8)15(23)18-11-4-5-13-20-19-10(3)22(13)7-11/h6,11H,4-5,7H2,1-3H3,(H,18,23)/t11-/m1/s1. The molecule has 0 aromatic carbocycles. The molecule has 8 heteroatoms. The normalized spacial score (nSPS) is 17.0. The Labute approximate surface area is 138 Å². The van der Waals surface area contributed by atoms with Crippen LogP contribution in [0.2, 0.25) is 0 Å². The zero-order chi connectivity index (χ0) is 16.8. The first-order valence-corrected chi connectivity index (χ1v) is 7.96. The van der Waals surface area contributed by atoms with Gasteiger partial charge in [-0.25, -0.2) is 4.98 Å². The van der Waals surface area contributed by atoms with Gasteiger partial charge in [0.1, 0.15) is 11.6 Å². The van der Waals surface area contributed by atoms with Gasteiger partial charge >= 0.3 is 0 Å². The third kappa shape index (κ3) is 2.34. The van der Waals surface area contributed by atoms with E-state index in [2.05, 4.69) is 30.2 Å². The summed E-state index contributed by atoms with van der Waals surface area (Å²) >= 11 is 0. The number of fused-ring (bicyclic) bond motifs is 2. The summed E-state index contributed by atoms with van der Waals surface area (Å²) in [6, 6.07) is 1.82. The fraction of sp³-hybridized carbons (Fsp3) is 0.438. The smallest absolute Gasteiger partial charge is 0.258 e. The van der Waals surface area contributed by atoms with Crippen LogP contribution in [0.4, 0.5) is 0 Å². The predicted molar refractivity (Wildman–Crippen MR) is 85.6 cm³/mol. The molecule has 1 atom stereocenters. The number of nitrogens with one attached hydrogen (secondary N) is 1. The summed E-state index contributed by atoms with van der Waals surface area (Å²) in [6.45, 7) is 6.27. The summed E-state index contributed by atoms with van der Waals surface area (Å²) in [6.07, 6.45) is 1.66. The lowest BCUT2D eigenvalue weighted by Gasteiger charge is -2.25. The molecule has 4 rings (SSSR count). The van der Waals surface area contributed by atoms with Gasteiger partial charge in [-0.15, -0.1) is 10.2 Å². The third-order valence-electron chi connectivity index (χ3n) is 4.46. The van der Waals surface area contributed by atoms with Crippen LogP contribution in [0.3, 0.4) is 0 Å². The van der Waals surface area contributed by atoms with E-state index in [1.165, 1.54) is 0 Å². The van der Waals surface area contributed by atoms with Crippen molar-refractivity contribution in [3.8, 4) is 0 Å². The maximum Gasteiger partial charge on any atom is 0.258 e. The molecule has 0 aliphatic carbocycles. The molecule has 3 aromatic rings. The monoisotopic (exact) mass is 326 g/mol. The second kappa shape index (κ2) is 5.40. The van der Waals surface area contributed by atoms with Crippen molar-refractivity contribution in [1.29, 1.82) is 0 Å². The second-order valence-electron chi connectivity index (χ2n) is 6.24. The van der Waals surface area contributed by atoms with Crippen LogP contribution in [-0.2, 0) is 13.0 Å². The lowest BCUT2D eigenvalue weighted by molar-refractivity contribution is 0.0928. The number of aromatic nitrogens is 5. The molecule has 0 fully saturated rings. The van der Waals surface area contributed by atoms with E-state index in [4.69, 9.17) is 4.52 Å². The van der Waals surface area contributed by atoms with Crippen LogP contribution >= 0.6 is 0 Å². The molecule has 0 radical (unpaired) electrons. The van der Waals surface area contributed by atoms with Gasteiger partial charge in [0.05, 0.1) is 16.6 Å². The largest absolute Gasteiger partial charge is 0.347 e. The molecule has 0 spiro atoms. The number of pyridine rings is 1. The molecule has 0 bridgehead atoms. The Balaban J connectivity index is 1.62. The van der Waals surface area contributed by atoms with Crippen molar-refractivity contribution in [3.63, 3.8) is 0 Å². The van der Waals surface area contributed by atoms with Crippen LogP contribution in [0.15, 0.2) is 10.6 Å². The van der Waals surface area contributed by atoms with E-state index >= 15 is 0 Å². The predicted octanol–water partition coefficient (Wildman–Crippen LogP) is 1.48. The minimum Gasteiger partial charge on any atom is -0.347 e. The SMILES string of the molecule is Cc1cc(C(=O)N[C@@H]2CCc3nnc(C)n3C2)c2c(C)noc2n1. The second-order valence-corrected chi connectivity index (χ2v) is 6.24. The first-order valence-electron chi connectivity index (χ1n) is 7.96. The number of carbonyl (C=O) groups is 1. The zero-order valence-corrected chi connectivity index (χ0v) is 13.8. The van der Waals surface area contributed by atoms with E-state index in [9.17, 15) is 4.79 Å². The fourth-order valence-electron chi connectivity index (χ4n) is 3.24. The molecule has 0 saturated heterocycles. The third-order valence-corrected chi connectivity index (χ3v) is 4.46. The Bertz CT molecular complexity index is 942. The maximum atomic E-state index is 12.8. The van der Waals surface area contributed by atoms with Crippen molar-refractivity contribution in [2.45, 2.75) is 46.2 Å². The lowest BCUT2D eigenvalue weighted by atomic mass is 10.0. The number of hydrogen-bond acceptors (Lipinski definition) is 6. The van der Waals surface area contributed by atoms with Gasteiger partial charge in [-0.2, -0.15) is 0 Å².